The number of nitrogens with one attached hydrogen (secondary N) is 1. The molecule has 0 aliphatic carbocycles. The van der Waals surface area contributed by atoms with Crippen LogP contribution in [0.3, 0.4) is 0 Å². The number of aromatic nitrogens is 3. The van der Waals surface area contributed by atoms with Gasteiger partial charge in [0, 0.05) is 18.3 Å². The Bertz CT molecular complexity index is 1420. The number of fused-ring (bicyclic) bond motifs is 1. The number of nitrogen functional groups attached to an aromatic ring is 1. The standard InChI is InChI=1S/C25H23FN6O2/c1-15-3-8-19(17-9-12-32-20(13-17)30-24(28)31-32)22(26)21(15)23(33)29-11-10-25(2,34)18-6-4-16(14-27)5-7-18/h3-9,12-13,34H,10-11H2,1-2H3,(H2,28,31)(H,29,33). The van der Waals surface area contributed by atoms with Crippen molar-refractivity contribution in [3.8, 4) is 17.2 Å². The van der Waals surface area contributed by atoms with Crippen LogP contribution in [0.1, 0.15) is 40.4 Å². The van der Waals surface area contributed by atoms with E-state index in [0.717, 1.165) is 0 Å². The number of nitrogens with two attached hydrogens (primary N) is 1. The van der Waals surface area contributed by atoms with Crippen LogP contribution in [0.4, 0.5) is 10.3 Å². The van der Waals surface area contributed by atoms with E-state index in [2.05, 4.69) is 15.4 Å². The van der Waals surface area contributed by atoms with Gasteiger partial charge in [0.25, 0.3) is 5.91 Å². The van der Waals surface area contributed by atoms with Crippen LogP contribution < -0.4 is 11.1 Å². The van der Waals surface area contributed by atoms with Crippen molar-refractivity contribution in [1.82, 2.24) is 19.9 Å². The van der Waals surface area contributed by atoms with Crippen molar-refractivity contribution in [3.63, 3.8) is 0 Å². The number of hydrogen-bond donors (Lipinski definition) is 3. The van der Waals surface area contributed by atoms with Crippen molar-refractivity contribution in [2.45, 2.75) is 25.9 Å². The fraction of sp³-hybridized carbons (Fsp3) is 0.200. The highest BCUT2D eigenvalue weighted by atomic mass is 19.1. The summed E-state index contributed by atoms with van der Waals surface area (Å²) in [5.41, 5.74) is 7.19. The number of rotatable bonds is 6. The summed E-state index contributed by atoms with van der Waals surface area (Å²) in [4.78, 5) is 17.0. The number of benzene rings is 2. The third kappa shape index (κ3) is 4.44. The van der Waals surface area contributed by atoms with Crippen LogP contribution in [-0.4, -0.2) is 32.2 Å². The Kier molecular flexibility index (Phi) is 6.01. The second kappa shape index (κ2) is 8.92. The number of nitrogens with zero attached hydrogens (tertiary/aromatic N) is 4. The highest BCUT2D eigenvalue weighted by Gasteiger charge is 2.24. The van der Waals surface area contributed by atoms with Crippen LogP contribution in [0.2, 0.25) is 0 Å². The zero-order chi connectivity index (χ0) is 24.5. The number of aryl methyl sites for hydroxylation is 1. The molecule has 34 heavy (non-hydrogen) atoms. The normalized spacial score (nSPS) is 12.8. The molecule has 4 N–H and O–H groups in total. The van der Waals surface area contributed by atoms with Gasteiger partial charge in [-0.15, -0.1) is 5.10 Å². The number of carbonyl (C=O) groups excluding carboxylic acids is 1. The van der Waals surface area contributed by atoms with Crippen molar-refractivity contribution in [1.29, 1.82) is 5.26 Å². The molecule has 4 aromatic rings. The zero-order valence-electron chi connectivity index (χ0n) is 18.7. The maximum atomic E-state index is 15.5. The van der Waals surface area contributed by atoms with Gasteiger partial charge < -0.3 is 16.2 Å². The lowest BCUT2D eigenvalue weighted by Crippen LogP contribution is -2.32. The second-order valence-electron chi connectivity index (χ2n) is 8.28. The van der Waals surface area contributed by atoms with E-state index >= 15 is 4.39 Å². The van der Waals surface area contributed by atoms with Gasteiger partial charge >= 0.3 is 0 Å². The number of carbonyl (C=O) groups is 1. The van der Waals surface area contributed by atoms with E-state index < -0.39 is 17.3 Å². The van der Waals surface area contributed by atoms with Gasteiger partial charge in [0.1, 0.15) is 5.82 Å². The lowest BCUT2D eigenvalue weighted by molar-refractivity contribution is 0.0475. The molecule has 8 nitrogen and oxygen atoms in total. The molecule has 0 saturated heterocycles. The van der Waals surface area contributed by atoms with Gasteiger partial charge in [-0.25, -0.2) is 8.91 Å². The molecule has 0 aliphatic heterocycles. The maximum Gasteiger partial charge on any atom is 0.254 e. The highest BCUT2D eigenvalue weighted by Crippen LogP contribution is 2.28. The van der Waals surface area contributed by atoms with Crippen LogP contribution in [0, 0.1) is 24.1 Å². The monoisotopic (exact) mass is 458 g/mol. The van der Waals surface area contributed by atoms with Crippen LogP contribution in [0.5, 0.6) is 0 Å². The van der Waals surface area contributed by atoms with Crippen LogP contribution in [0.15, 0.2) is 54.7 Å². The molecule has 1 unspecified atom stereocenters. The summed E-state index contributed by atoms with van der Waals surface area (Å²) < 4.78 is 17.0. The molecule has 172 valence electrons. The molecule has 0 spiro atoms. The van der Waals surface area contributed by atoms with Gasteiger partial charge in [-0.3, -0.25) is 4.79 Å². The topological polar surface area (TPSA) is 129 Å². The summed E-state index contributed by atoms with van der Waals surface area (Å²) in [5.74, 6) is -1.10. The number of aliphatic hydroxyl groups is 1. The van der Waals surface area contributed by atoms with Crippen molar-refractivity contribution >= 4 is 17.5 Å². The van der Waals surface area contributed by atoms with Gasteiger partial charge in [0.2, 0.25) is 5.95 Å². The van der Waals surface area contributed by atoms with E-state index in [-0.39, 0.29) is 30.0 Å². The van der Waals surface area contributed by atoms with E-state index in [1.54, 1.807) is 68.6 Å². The third-order valence-electron chi connectivity index (χ3n) is 5.78. The average Bonchev–Trinajstić information content (AvgIpc) is 3.18. The molecule has 2 heterocycles. The predicted octanol–water partition coefficient (Wildman–Crippen LogP) is 3.33. The van der Waals surface area contributed by atoms with Crippen molar-refractivity contribution in [3.05, 3.63) is 82.8 Å². The smallest absolute Gasteiger partial charge is 0.254 e. The Morgan fingerprint density at radius 1 is 1.26 bits per heavy atom. The number of nitriles is 1. The predicted molar refractivity (Wildman–Crippen MR) is 125 cm³/mol. The molecule has 1 amide bonds. The minimum Gasteiger partial charge on any atom is -0.385 e. The fourth-order valence-electron chi connectivity index (χ4n) is 3.80. The Hall–Kier alpha value is -4.29. The van der Waals surface area contributed by atoms with Crippen LogP contribution in [-0.2, 0) is 5.60 Å². The van der Waals surface area contributed by atoms with E-state index in [9.17, 15) is 9.90 Å². The lowest BCUT2D eigenvalue weighted by atomic mass is 9.92. The van der Waals surface area contributed by atoms with Gasteiger partial charge in [0.15, 0.2) is 5.65 Å². The summed E-state index contributed by atoms with van der Waals surface area (Å²) in [6, 6.07) is 15.2. The Morgan fingerprint density at radius 3 is 2.71 bits per heavy atom. The van der Waals surface area contributed by atoms with Gasteiger partial charge in [-0.2, -0.15) is 10.2 Å². The number of amides is 1. The zero-order valence-corrected chi connectivity index (χ0v) is 18.7. The average molecular weight is 458 g/mol. The molecule has 2 aromatic carbocycles. The third-order valence-corrected chi connectivity index (χ3v) is 5.78. The Balaban J connectivity index is 1.52. The first kappa shape index (κ1) is 22.9. The fourth-order valence-corrected chi connectivity index (χ4v) is 3.80. The molecule has 4 rings (SSSR count). The quantitative estimate of drug-likeness (QED) is 0.406. The van der Waals surface area contributed by atoms with Gasteiger partial charge in [-0.1, -0.05) is 24.3 Å². The maximum absolute atomic E-state index is 15.5. The number of hydrogen-bond acceptors (Lipinski definition) is 6. The minimum absolute atomic E-state index is 0.0589. The number of anilines is 1. The van der Waals surface area contributed by atoms with Gasteiger partial charge in [0.05, 0.1) is 22.8 Å². The summed E-state index contributed by atoms with van der Waals surface area (Å²) in [5, 5.41) is 26.4. The molecule has 9 heteroatoms. The van der Waals surface area contributed by atoms with Gasteiger partial charge in [-0.05, 0) is 61.2 Å². The Labute approximate surface area is 195 Å². The summed E-state index contributed by atoms with van der Waals surface area (Å²) in [7, 11) is 0. The largest absolute Gasteiger partial charge is 0.385 e. The molecule has 2 aromatic heterocycles. The number of halogens is 1. The van der Waals surface area contributed by atoms with Crippen molar-refractivity contribution in [2.24, 2.45) is 0 Å². The first-order valence-electron chi connectivity index (χ1n) is 10.6. The molecule has 1 atom stereocenters. The summed E-state index contributed by atoms with van der Waals surface area (Å²) in [6.07, 6.45) is 1.83. The molecule has 0 saturated carbocycles. The lowest BCUT2D eigenvalue weighted by Gasteiger charge is -2.24. The van der Waals surface area contributed by atoms with Crippen molar-refractivity contribution in [2.75, 3.05) is 12.3 Å². The minimum atomic E-state index is -1.23. The molecular formula is C25H23FN6O2. The SMILES string of the molecule is Cc1ccc(-c2ccn3nc(N)nc3c2)c(F)c1C(=O)NCCC(C)(O)c1ccc(C#N)cc1. The van der Waals surface area contributed by atoms with E-state index in [1.807, 2.05) is 6.07 Å². The number of pyridine rings is 1. The Morgan fingerprint density at radius 2 is 2.00 bits per heavy atom. The van der Waals surface area contributed by atoms with Crippen LogP contribution >= 0.6 is 0 Å². The summed E-state index contributed by atoms with van der Waals surface area (Å²) >= 11 is 0. The molecule has 0 bridgehead atoms. The van der Waals surface area contributed by atoms with Crippen molar-refractivity contribution < 1.29 is 14.3 Å². The van der Waals surface area contributed by atoms with E-state index in [4.69, 9.17) is 11.0 Å². The first-order valence-corrected chi connectivity index (χ1v) is 10.6. The highest BCUT2D eigenvalue weighted by molar-refractivity contribution is 5.97. The van der Waals surface area contributed by atoms with Crippen LogP contribution in [0.25, 0.3) is 16.8 Å². The molecule has 0 aliphatic rings. The second-order valence-corrected chi connectivity index (χ2v) is 8.28. The first-order chi connectivity index (χ1) is 16.2. The van der Waals surface area contributed by atoms with E-state index in [0.29, 0.717) is 27.9 Å². The summed E-state index contributed by atoms with van der Waals surface area (Å²) in [6.45, 7) is 3.41. The molecule has 0 fully saturated rings. The molecule has 0 radical (unpaired) electrons. The molecular weight excluding hydrogens is 435 g/mol. The van der Waals surface area contributed by atoms with E-state index in [1.165, 1.54) is 4.52 Å².